The molecule has 2 amide bonds. The number of nitrogens with zero attached hydrogens (tertiary/aromatic N) is 1. The summed E-state index contributed by atoms with van der Waals surface area (Å²) in [5.41, 5.74) is 9.91. The molecule has 0 aromatic heterocycles. The number of hydrogen-bond donors (Lipinski definition) is 10. The molecule has 0 aromatic carbocycles. The second-order valence-corrected chi connectivity index (χ2v) is 17.3. The molecule has 0 radical (unpaired) electrons. The summed E-state index contributed by atoms with van der Waals surface area (Å²) in [7, 11) is 3.17. The summed E-state index contributed by atoms with van der Waals surface area (Å²) in [5, 5.41) is 63.1. The van der Waals surface area contributed by atoms with Crippen molar-refractivity contribution in [1.82, 2.24) is 10.2 Å². The van der Waals surface area contributed by atoms with E-state index in [9.17, 15) is 44.7 Å². The Labute approximate surface area is 332 Å². The molecular weight excluding hydrogens is 744 g/mol. The topological polar surface area (TPSA) is 295 Å². The third-order valence-corrected chi connectivity index (χ3v) is 14.3. The van der Waals surface area contributed by atoms with Crippen molar-refractivity contribution in [3.63, 3.8) is 0 Å². The smallest absolute Gasteiger partial charge is 0.340 e. The summed E-state index contributed by atoms with van der Waals surface area (Å²) in [6, 6.07) is 0. The van der Waals surface area contributed by atoms with Crippen molar-refractivity contribution in [3.05, 3.63) is 12.2 Å². The van der Waals surface area contributed by atoms with Gasteiger partial charge < -0.3 is 45.1 Å². The van der Waals surface area contributed by atoms with Gasteiger partial charge in [-0.25, -0.2) is 0 Å². The van der Waals surface area contributed by atoms with Crippen molar-refractivity contribution in [2.24, 2.45) is 64.7 Å². The zero-order valence-corrected chi connectivity index (χ0v) is 33.3. The number of nitrogens with two attached hydrogens (primary N) is 3. The van der Waals surface area contributed by atoms with E-state index in [4.69, 9.17) is 25.7 Å². The number of carbonyl (C=O) groups is 4. The van der Waals surface area contributed by atoms with Crippen LogP contribution in [0.3, 0.4) is 0 Å². The molecule has 5 fully saturated rings. The minimum absolute atomic E-state index is 0.0889. The van der Waals surface area contributed by atoms with Crippen LogP contribution in [0.15, 0.2) is 12.2 Å². The molecule has 2 saturated heterocycles. The first kappa shape index (κ1) is 43.7. The van der Waals surface area contributed by atoms with Gasteiger partial charge in [0.1, 0.15) is 41.6 Å². The molecule has 3 aliphatic heterocycles. The molecule has 13 N–H and O–H groups in total. The van der Waals surface area contributed by atoms with Gasteiger partial charge >= 0.3 is 5.96 Å². The summed E-state index contributed by atoms with van der Waals surface area (Å²) < 4.78 is 18.4. The number of rotatable bonds is 12. The van der Waals surface area contributed by atoms with Crippen LogP contribution in [-0.4, -0.2) is 155 Å². The second kappa shape index (κ2) is 17.7. The lowest BCUT2D eigenvalue weighted by molar-refractivity contribution is -0.699. The molecule has 6 aliphatic rings. The molecular formula is C39H64N6O12+2. The average molecular weight is 809 g/mol. The van der Waals surface area contributed by atoms with E-state index in [0.29, 0.717) is 38.2 Å². The van der Waals surface area contributed by atoms with E-state index in [1.54, 1.807) is 7.05 Å². The average Bonchev–Trinajstić information content (AvgIpc) is 3.51. The number of guanidine groups is 1. The number of aliphatic hydroxyl groups excluding tert-OH is 4. The van der Waals surface area contributed by atoms with E-state index < -0.39 is 102 Å². The van der Waals surface area contributed by atoms with Crippen molar-refractivity contribution in [1.29, 1.82) is 0 Å². The van der Waals surface area contributed by atoms with Crippen molar-refractivity contribution < 1.29 is 69.2 Å². The highest BCUT2D eigenvalue weighted by Gasteiger charge is 2.64. The lowest BCUT2D eigenvalue weighted by atomic mass is 9.51. The zero-order chi connectivity index (χ0) is 41.5. The van der Waals surface area contributed by atoms with E-state index in [1.807, 2.05) is 19.2 Å². The number of ether oxygens (including phenoxy) is 3. The maximum atomic E-state index is 14.8. The van der Waals surface area contributed by atoms with Gasteiger partial charge in [-0.3, -0.25) is 45.9 Å². The quantitative estimate of drug-likeness (QED) is 0.0500. The van der Waals surface area contributed by atoms with Gasteiger partial charge in [0, 0.05) is 56.4 Å². The van der Waals surface area contributed by atoms with Crippen LogP contribution in [0.25, 0.3) is 0 Å². The number of imide groups is 1. The highest BCUT2D eigenvalue weighted by molar-refractivity contribution is 6.12. The molecule has 0 bridgehead atoms. The molecule has 3 heterocycles. The maximum Gasteiger partial charge on any atom is 0.340 e. The Bertz CT molecular complexity index is 1540. The summed E-state index contributed by atoms with van der Waals surface area (Å²) in [5.74, 6) is -6.37. The number of hydrogen-bond acceptors (Lipinski definition) is 13. The Kier molecular flexibility index (Phi) is 13.6. The van der Waals surface area contributed by atoms with Crippen LogP contribution < -0.4 is 27.1 Å². The van der Waals surface area contributed by atoms with Gasteiger partial charge in [0.2, 0.25) is 0 Å². The first-order valence-electron chi connectivity index (χ1n) is 20.5. The minimum Gasteiger partial charge on any atom is -0.394 e. The Balaban J connectivity index is 1.26. The SMILES string of the molecule is CCC1C(OC)CC(O[C@H]2O[C@H](CO)[C@](O)(C[C@H](CN3C(=O)C=CC3=O)C3CC[NH2+]C(N)C3)[C@H](O)[C@H]2O)C2C(=O)C3C(CC(C)C(CNC(N)=[NH+]C)C3O)C(=O)C12. The van der Waals surface area contributed by atoms with Crippen LogP contribution in [0.4, 0.5) is 0 Å². The Morgan fingerprint density at radius 1 is 1.05 bits per heavy atom. The molecule has 18 atom stereocenters. The largest absolute Gasteiger partial charge is 0.394 e. The molecule has 18 heteroatoms. The molecule has 12 unspecified atom stereocenters. The van der Waals surface area contributed by atoms with E-state index in [1.165, 1.54) is 7.11 Å². The number of amides is 2. The lowest BCUT2D eigenvalue weighted by Crippen LogP contribution is -2.94. The fourth-order valence-electron chi connectivity index (χ4n) is 11.2. The van der Waals surface area contributed by atoms with Crippen LogP contribution in [0.2, 0.25) is 0 Å². The highest BCUT2D eigenvalue weighted by atomic mass is 16.7. The molecule has 0 spiro atoms. The predicted molar refractivity (Wildman–Crippen MR) is 200 cm³/mol. The zero-order valence-electron chi connectivity index (χ0n) is 33.3. The minimum atomic E-state index is -2.27. The van der Waals surface area contributed by atoms with Crippen molar-refractivity contribution in [2.75, 3.05) is 40.4 Å². The van der Waals surface area contributed by atoms with Gasteiger partial charge in [0.15, 0.2) is 6.29 Å². The molecule has 320 valence electrons. The maximum absolute atomic E-state index is 14.8. The standard InChI is InChI=1S/C39H62N6O12/c1-5-20-23(55-4)12-24(31-29(20)32(49)21-10-17(2)22(14-44-38(41)42-3)33(50)30(21)34(31)51)56-37-35(52)36(53)39(54,25(16-46)57-37)13-19(18-8-9-43-26(40)11-18)15-45-27(47)6-7-28(45)48/h6-7,17-26,29-31,33,35-37,43,46,50,52-54H,5,8-16,40H2,1-4H3,(H3,41,42,44)/p+2/t17?,18?,19-,20?,21?,22?,23?,24?,25-,26?,29?,30?,31?,33?,35-,36-,37+,39-/m1/s1. The van der Waals surface area contributed by atoms with Gasteiger partial charge in [-0.15, -0.1) is 0 Å². The summed E-state index contributed by atoms with van der Waals surface area (Å²) >= 11 is 0. The molecule has 6 rings (SSSR count). The van der Waals surface area contributed by atoms with Crippen molar-refractivity contribution >= 4 is 29.3 Å². The summed E-state index contributed by atoms with van der Waals surface area (Å²) in [4.78, 5) is 58.4. The first-order valence-corrected chi connectivity index (χ1v) is 20.5. The molecule has 18 nitrogen and oxygen atoms in total. The number of methoxy groups -OCH3 is 1. The number of nitrogens with one attached hydrogen (secondary N) is 2. The normalized spacial score (nSPS) is 44.5. The number of ketones is 2. The second-order valence-electron chi connectivity index (χ2n) is 17.3. The fraction of sp³-hybridized carbons (Fsp3) is 0.821. The third-order valence-electron chi connectivity index (χ3n) is 14.3. The number of Topliss-reactive ketones (excluding diaryl/α,β-unsaturated/α-hetero) is 2. The van der Waals surface area contributed by atoms with Gasteiger partial charge in [-0.05, 0) is 42.9 Å². The van der Waals surface area contributed by atoms with Crippen LogP contribution in [-0.2, 0) is 33.4 Å². The third kappa shape index (κ3) is 8.19. The van der Waals surface area contributed by atoms with Crippen LogP contribution in [0.5, 0.6) is 0 Å². The molecule has 3 saturated carbocycles. The van der Waals surface area contributed by atoms with E-state index >= 15 is 0 Å². The Morgan fingerprint density at radius 2 is 1.75 bits per heavy atom. The Hall–Kier alpha value is -2.91. The van der Waals surface area contributed by atoms with Gasteiger partial charge in [-0.2, -0.15) is 0 Å². The first-order chi connectivity index (χ1) is 27.1. The fourth-order valence-corrected chi connectivity index (χ4v) is 11.2. The predicted octanol–water partition coefficient (Wildman–Crippen LogP) is -5.58. The number of carbonyl (C=O) groups excluding carboxylic acids is 4. The van der Waals surface area contributed by atoms with Crippen LogP contribution >= 0.6 is 0 Å². The van der Waals surface area contributed by atoms with Crippen LogP contribution in [0.1, 0.15) is 52.4 Å². The molecule has 57 heavy (non-hydrogen) atoms. The number of quaternary nitrogens is 1. The summed E-state index contributed by atoms with van der Waals surface area (Å²) in [6.07, 6.45) is -5.78. The molecule has 3 aliphatic carbocycles. The van der Waals surface area contributed by atoms with E-state index in [0.717, 1.165) is 17.1 Å². The summed E-state index contributed by atoms with van der Waals surface area (Å²) in [6.45, 7) is 3.92. The van der Waals surface area contributed by atoms with Crippen molar-refractivity contribution in [2.45, 2.75) is 107 Å². The lowest BCUT2D eigenvalue weighted by Gasteiger charge is -2.55. The van der Waals surface area contributed by atoms with E-state index in [-0.39, 0.29) is 61.4 Å². The Morgan fingerprint density at radius 3 is 2.37 bits per heavy atom. The van der Waals surface area contributed by atoms with Gasteiger partial charge in [0.25, 0.3) is 11.8 Å². The monoisotopic (exact) mass is 808 g/mol. The van der Waals surface area contributed by atoms with Crippen molar-refractivity contribution in [3.8, 4) is 0 Å². The van der Waals surface area contributed by atoms with E-state index in [2.05, 4.69) is 10.3 Å². The van der Waals surface area contributed by atoms with Gasteiger partial charge in [0.05, 0.1) is 56.9 Å². The van der Waals surface area contributed by atoms with Gasteiger partial charge in [-0.1, -0.05) is 20.3 Å². The molecule has 0 aromatic rings. The number of aliphatic hydroxyl groups is 5. The number of piperidine rings is 1. The number of fused-ring (bicyclic) bond motifs is 2. The van der Waals surface area contributed by atoms with Crippen LogP contribution in [0, 0.1) is 53.3 Å². The highest BCUT2D eigenvalue weighted by Crippen LogP contribution is 2.53.